The molecule has 0 radical (unpaired) electrons. The Morgan fingerprint density at radius 2 is 1.55 bits per heavy atom. The molecule has 3 amide bonds. The molecule has 1 aliphatic heterocycles. The maximum atomic E-state index is 13.2. The van der Waals surface area contributed by atoms with Gasteiger partial charge < -0.3 is 5.32 Å². The van der Waals surface area contributed by atoms with Crippen molar-refractivity contribution in [2.75, 3.05) is 10.2 Å². The number of nitrogens with zero attached hydrogens (tertiary/aromatic N) is 3. The Morgan fingerprint density at radius 3 is 2.21 bits per heavy atom. The van der Waals surface area contributed by atoms with E-state index in [1.54, 1.807) is 72.3 Å². The van der Waals surface area contributed by atoms with Crippen molar-refractivity contribution in [1.29, 1.82) is 0 Å². The summed E-state index contributed by atoms with van der Waals surface area (Å²) in [5.41, 5.74) is 3.02. The average molecular weight is 440 g/mol. The second-order valence-corrected chi connectivity index (χ2v) is 7.53. The molecule has 0 fully saturated rings. The number of hydrogen-bond donors (Lipinski definition) is 1. The van der Waals surface area contributed by atoms with Crippen molar-refractivity contribution in [3.8, 4) is 5.69 Å². The Labute approximate surface area is 188 Å². The molecular weight excluding hydrogens is 423 g/mol. The van der Waals surface area contributed by atoms with Crippen molar-refractivity contribution in [2.45, 2.75) is 6.92 Å². The zero-order chi connectivity index (χ0) is 23.1. The fourth-order valence-electron chi connectivity index (χ4n) is 3.82. The molecular formula is C25H17FN4O3. The van der Waals surface area contributed by atoms with E-state index in [1.165, 1.54) is 18.3 Å². The van der Waals surface area contributed by atoms with E-state index >= 15 is 0 Å². The van der Waals surface area contributed by atoms with Gasteiger partial charge in [-0.25, -0.2) is 14.0 Å². The molecule has 33 heavy (non-hydrogen) atoms. The Balaban J connectivity index is 1.39. The van der Waals surface area contributed by atoms with Crippen molar-refractivity contribution < 1.29 is 18.8 Å². The van der Waals surface area contributed by atoms with E-state index in [1.807, 2.05) is 0 Å². The molecule has 1 aromatic heterocycles. The number of imide groups is 1. The van der Waals surface area contributed by atoms with Crippen LogP contribution in [0.5, 0.6) is 0 Å². The van der Waals surface area contributed by atoms with Gasteiger partial charge in [-0.1, -0.05) is 18.2 Å². The molecule has 162 valence electrons. The van der Waals surface area contributed by atoms with E-state index in [2.05, 4.69) is 10.4 Å². The third-order valence-electron chi connectivity index (χ3n) is 5.48. The number of carbonyl (C=O) groups is 3. The van der Waals surface area contributed by atoms with Crippen molar-refractivity contribution in [1.82, 2.24) is 9.78 Å². The highest BCUT2D eigenvalue weighted by Crippen LogP contribution is 2.30. The van der Waals surface area contributed by atoms with Gasteiger partial charge in [-0.2, -0.15) is 5.10 Å². The molecule has 2 heterocycles. The van der Waals surface area contributed by atoms with Gasteiger partial charge in [0.15, 0.2) is 0 Å². The minimum Gasteiger partial charge on any atom is -0.322 e. The van der Waals surface area contributed by atoms with E-state index < -0.39 is 17.7 Å². The molecule has 3 aromatic carbocycles. The van der Waals surface area contributed by atoms with Gasteiger partial charge in [-0.3, -0.25) is 14.4 Å². The number of amides is 3. The Kier molecular flexibility index (Phi) is 4.82. The van der Waals surface area contributed by atoms with Gasteiger partial charge in [0.25, 0.3) is 17.7 Å². The molecule has 4 aromatic rings. The van der Waals surface area contributed by atoms with Crippen LogP contribution < -0.4 is 10.2 Å². The van der Waals surface area contributed by atoms with Crippen LogP contribution in [0.3, 0.4) is 0 Å². The Morgan fingerprint density at radius 1 is 0.879 bits per heavy atom. The van der Waals surface area contributed by atoms with Crippen LogP contribution in [0.1, 0.15) is 36.8 Å². The number of hydrogen-bond acceptors (Lipinski definition) is 4. The minimum atomic E-state index is -0.407. The molecule has 7 nitrogen and oxygen atoms in total. The van der Waals surface area contributed by atoms with Crippen LogP contribution in [0.2, 0.25) is 0 Å². The summed E-state index contributed by atoms with van der Waals surface area (Å²) in [6.45, 7) is 1.74. The van der Waals surface area contributed by atoms with Crippen LogP contribution >= 0.6 is 0 Å². The topological polar surface area (TPSA) is 84.3 Å². The number of anilines is 2. The number of carbonyl (C=O) groups excluding carboxylic acids is 3. The van der Waals surface area contributed by atoms with Gasteiger partial charge in [0, 0.05) is 5.69 Å². The van der Waals surface area contributed by atoms with Gasteiger partial charge >= 0.3 is 0 Å². The molecule has 5 rings (SSSR count). The standard InChI is InChI=1S/C25H17FN4O3/c1-15-22(14-27-30(15)18-11-9-16(26)10-12-18)23(31)28-17-5-4-6-19(13-17)29-24(32)20-7-2-3-8-21(20)25(29)33/h2-14H,1H3,(H,28,31). The second-order valence-electron chi connectivity index (χ2n) is 7.53. The SMILES string of the molecule is Cc1c(C(=O)Nc2cccc(N3C(=O)c4ccccc4C3=O)c2)cnn1-c1ccc(F)cc1. The number of nitrogens with one attached hydrogen (secondary N) is 1. The number of benzene rings is 3. The van der Waals surface area contributed by atoms with Crippen LogP contribution in [0, 0.1) is 12.7 Å². The Hall–Kier alpha value is -4.59. The van der Waals surface area contributed by atoms with Crippen molar-refractivity contribution in [2.24, 2.45) is 0 Å². The first-order chi connectivity index (χ1) is 15.9. The summed E-state index contributed by atoms with van der Waals surface area (Å²) in [5, 5.41) is 7.02. The van der Waals surface area contributed by atoms with Crippen LogP contribution in [-0.4, -0.2) is 27.5 Å². The summed E-state index contributed by atoms with van der Waals surface area (Å²) in [5.74, 6) is -1.58. The lowest BCUT2D eigenvalue weighted by molar-refractivity contribution is 0.0925. The summed E-state index contributed by atoms with van der Waals surface area (Å²) < 4.78 is 14.8. The summed E-state index contributed by atoms with van der Waals surface area (Å²) in [7, 11) is 0. The lowest BCUT2D eigenvalue weighted by Gasteiger charge is -2.15. The van der Waals surface area contributed by atoms with E-state index in [0.717, 1.165) is 4.90 Å². The maximum Gasteiger partial charge on any atom is 0.266 e. The summed E-state index contributed by atoms with van der Waals surface area (Å²) in [4.78, 5) is 39.5. The minimum absolute atomic E-state index is 0.338. The summed E-state index contributed by atoms with van der Waals surface area (Å²) in [6, 6.07) is 19.0. The van der Waals surface area contributed by atoms with Crippen LogP contribution in [0.15, 0.2) is 79.0 Å². The molecule has 0 spiro atoms. The highest BCUT2D eigenvalue weighted by molar-refractivity contribution is 6.34. The lowest BCUT2D eigenvalue weighted by atomic mass is 10.1. The second kappa shape index (κ2) is 7.83. The normalized spacial score (nSPS) is 12.7. The molecule has 0 saturated carbocycles. The van der Waals surface area contributed by atoms with Crippen molar-refractivity contribution in [3.05, 3.63) is 107 Å². The first-order valence-corrected chi connectivity index (χ1v) is 10.1. The molecule has 0 atom stereocenters. The first kappa shape index (κ1) is 20.3. The predicted octanol–water partition coefficient (Wildman–Crippen LogP) is 4.37. The van der Waals surface area contributed by atoms with E-state index in [9.17, 15) is 18.8 Å². The van der Waals surface area contributed by atoms with Gasteiger partial charge in [-0.05, 0) is 61.5 Å². The van der Waals surface area contributed by atoms with Crippen molar-refractivity contribution in [3.63, 3.8) is 0 Å². The quantitative estimate of drug-likeness (QED) is 0.478. The average Bonchev–Trinajstić information content (AvgIpc) is 3.32. The number of halogens is 1. The van der Waals surface area contributed by atoms with E-state index in [4.69, 9.17) is 0 Å². The zero-order valence-corrected chi connectivity index (χ0v) is 17.4. The highest BCUT2D eigenvalue weighted by atomic mass is 19.1. The third-order valence-corrected chi connectivity index (χ3v) is 5.48. The van der Waals surface area contributed by atoms with E-state index in [-0.39, 0.29) is 5.82 Å². The molecule has 0 aliphatic carbocycles. The molecule has 1 aliphatic rings. The van der Waals surface area contributed by atoms with E-state index in [0.29, 0.717) is 39.4 Å². The fourth-order valence-corrected chi connectivity index (χ4v) is 3.82. The number of rotatable bonds is 4. The predicted molar refractivity (Wildman–Crippen MR) is 120 cm³/mol. The number of aromatic nitrogens is 2. The molecule has 1 N–H and O–H groups in total. The fraction of sp³-hybridized carbons (Fsp3) is 0.0400. The van der Waals surface area contributed by atoms with Gasteiger partial charge in [0.2, 0.25) is 0 Å². The van der Waals surface area contributed by atoms with Crippen LogP contribution in [-0.2, 0) is 0 Å². The molecule has 8 heteroatoms. The van der Waals surface area contributed by atoms with Gasteiger partial charge in [0.1, 0.15) is 5.82 Å². The van der Waals surface area contributed by atoms with Crippen LogP contribution in [0.4, 0.5) is 15.8 Å². The highest BCUT2D eigenvalue weighted by Gasteiger charge is 2.36. The summed E-state index contributed by atoms with van der Waals surface area (Å²) >= 11 is 0. The lowest BCUT2D eigenvalue weighted by Crippen LogP contribution is -2.29. The maximum absolute atomic E-state index is 13.2. The van der Waals surface area contributed by atoms with Gasteiger partial charge in [-0.15, -0.1) is 0 Å². The van der Waals surface area contributed by atoms with Crippen molar-refractivity contribution >= 4 is 29.1 Å². The zero-order valence-electron chi connectivity index (χ0n) is 17.4. The number of fused-ring (bicyclic) bond motifs is 1. The molecule has 0 unspecified atom stereocenters. The monoisotopic (exact) mass is 440 g/mol. The van der Waals surface area contributed by atoms with Gasteiger partial charge in [0.05, 0.1) is 40.0 Å². The molecule has 0 bridgehead atoms. The summed E-state index contributed by atoms with van der Waals surface area (Å²) in [6.07, 6.45) is 1.43. The first-order valence-electron chi connectivity index (χ1n) is 10.1. The Bertz CT molecular complexity index is 1390. The third kappa shape index (κ3) is 3.47. The van der Waals surface area contributed by atoms with Crippen LogP contribution in [0.25, 0.3) is 5.69 Å². The smallest absolute Gasteiger partial charge is 0.266 e. The largest absolute Gasteiger partial charge is 0.322 e. The molecule has 0 saturated heterocycles.